The number of aryl methyl sites for hydroxylation is 1. The van der Waals surface area contributed by atoms with Crippen molar-refractivity contribution in [1.82, 2.24) is 20.3 Å². The molecule has 21 heavy (non-hydrogen) atoms. The zero-order chi connectivity index (χ0) is 15.0. The summed E-state index contributed by atoms with van der Waals surface area (Å²) in [4.78, 5) is 12.3. The maximum absolute atomic E-state index is 13.2. The van der Waals surface area contributed by atoms with Crippen LogP contribution in [-0.4, -0.2) is 27.0 Å². The van der Waals surface area contributed by atoms with E-state index in [9.17, 15) is 9.18 Å². The number of amides is 1. The van der Waals surface area contributed by atoms with Gasteiger partial charge in [0, 0.05) is 18.2 Å². The number of nitrogens with one attached hydrogen (secondary N) is 1. The highest BCUT2D eigenvalue weighted by molar-refractivity contribution is 5.92. The van der Waals surface area contributed by atoms with E-state index in [0.717, 1.165) is 5.56 Å². The Kier molecular flexibility index (Phi) is 3.32. The average molecular weight is 290 g/mol. The fourth-order valence-electron chi connectivity index (χ4n) is 2.47. The lowest BCUT2D eigenvalue weighted by Gasteiger charge is -2.16. The number of halogens is 1. The van der Waals surface area contributed by atoms with E-state index in [-0.39, 0.29) is 23.9 Å². The second-order valence-corrected chi connectivity index (χ2v) is 4.89. The van der Waals surface area contributed by atoms with Crippen LogP contribution < -0.4 is 10.1 Å². The molecule has 6 nitrogen and oxygen atoms in total. The Hall–Kier alpha value is -2.44. The van der Waals surface area contributed by atoms with Gasteiger partial charge in [-0.3, -0.25) is 4.79 Å². The van der Waals surface area contributed by atoms with Gasteiger partial charge in [-0.25, -0.2) is 9.07 Å². The van der Waals surface area contributed by atoms with E-state index < -0.39 is 0 Å². The number of nitrogens with zero attached hydrogens (tertiary/aromatic N) is 3. The molecule has 0 unspecified atom stereocenters. The Morgan fingerprint density at radius 2 is 2.33 bits per heavy atom. The molecule has 110 valence electrons. The third kappa shape index (κ3) is 2.35. The first-order valence-corrected chi connectivity index (χ1v) is 6.75. The van der Waals surface area contributed by atoms with Crippen LogP contribution in [0.1, 0.15) is 35.9 Å². The van der Waals surface area contributed by atoms with E-state index in [1.54, 1.807) is 6.07 Å². The van der Waals surface area contributed by atoms with Gasteiger partial charge < -0.3 is 10.1 Å². The van der Waals surface area contributed by atoms with Crippen LogP contribution in [0.2, 0.25) is 0 Å². The summed E-state index contributed by atoms with van der Waals surface area (Å²) < 4.78 is 20.3. The monoisotopic (exact) mass is 290 g/mol. The molecular formula is C14H15FN4O2. The van der Waals surface area contributed by atoms with E-state index in [0.29, 0.717) is 18.0 Å². The number of fused-ring (bicyclic) bond motifs is 1. The highest BCUT2D eigenvalue weighted by Gasteiger charge is 2.33. The van der Waals surface area contributed by atoms with Gasteiger partial charge in [-0.2, -0.15) is 0 Å². The topological polar surface area (TPSA) is 69.0 Å². The molecule has 1 aromatic carbocycles. The molecule has 3 rings (SSSR count). The third-order valence-corrected chi connectivity index (χ3v) is 3.53. The van der Waals surface area contributed by atoms with Crippen LogP contribution in [0.3, 0.4) is 0 Å². The van der Waals surface area contributed by atoms with Crippen molar-refractivity contribution in [2.45, 2.75) is 32.5 Å². The summed E-state index contributed by atoms with van der Waals surface area (Å²) in [5.74, 6) is -0.171. The Bertz CT molecular complexity index is 685. The largest absolute Gasteiger partial charge is 0.488 e. The van der Waals surface area contributed by atoms with E-state index in [4.69, 9.17) is 4.74 Å². The molecule has 2 atom stereocenters. The van der Waals surface area contributed by atoms with Gasteiger partial charge in [-0.15, -0.1) is 5.10 Å². The molecule has 0 aliphatic carbocycles. The Balaban J connectivity index is 1.84. The second kappa shape index (κ2) is 5.16. The molecule has 1 aromatic heterocycles. The second-order valence-electron chi connectivity index (χ2n) is 4.89. The standard InChI is InChI=1S/C14H15FN4O2/c1-3-19-11(7-16-18-19)14(20)17-13-8(2)21-12-6-9(15)4-5-10(12)13/h4-8,13H,3H2,1-2H3,(H,17,20)/t8-,13-/m1/s1. The molecule has 2 heterocycles. The molecule has 0 fully saturated rings. The van der Waals surface area contributed by atoms with Crippen LogP contribution in [-0.2, 0) is 6.54 Å². The van der Waals surface area contributed by atoms with Crippen LogP contribution in [0.4, 0.5) is 4.39 Å². The lowest BCUT2D eigenvalue weighted by atomic mass is 10.0. The van der Waals surface area contributed by atoms with Crippen LogP contribution in [0, 0.1) is 5.82 Å². The molecule has 1 aliphatic heterocycles. The Morgan fingerprint density at radius 3 is 3.10 bits per heavy atom. The molecule has 2 aromatic rings. The molecular weight excluding hydrogens is 275 g/mol. The fourth-order valence-corrected chi connectivity index (χ4v) is 2.47. The normalized spacial score (nSPS) is 20.0. The maximum atomic E-state index is 13.2. The van der Waals surface area contributed by atoms with Gasteiger partial charge in [0.2, 0.25) is 0 Å². The summed E-state index contributed by atoms with van der Waals surface area (Å²) in [5, 5.41) is 10.5. The number of ether oxygens (including phenoxy) is 1. The Labute approximate surface area is 120 Å². The van der Waals surface area contributed by atoms with Crippen LogP contribution in [0.5, 0.6) is 5.75 Å². The summed E-state index contributed by atoms with van der Waals surface area (Å²) in [6, 6.07) is 4.00. The highest BCUT2D eigenvalue weighted by Crippen LogP contribution is 2.36. The smallest absolute Gasteiger partial charge is 0.271 e. The van der Waals surface area contributed by atoms with Crippen molar-refractivity contribution in [2.24, 2.45) is 0 Å². The lowest BCUT2D eigenvalue weighted by molar-refractivity contribution is 0.0897. The van der Waals surface area contributed by atoms with Crippen LogP contribution in [0.25, 0.3) is 0 Å². The number of benzene rings is 1. The fraction of sp³-hybridized carbons (Fsp3) is 0.357. The molecule has 0 saturated heterocycles. The van der Waals surface area contributed by atoms with Crippen LogP contribution >= 0.6 is 0 Å². The number of hydrogen-bond donors (Lipinski definition) is 1. The number of carbonyl (C=O) groups excluding carboxylic acids is 1. The zero-order valence-electron chi connectivity index (χ0n) is 11.7. The first-order chi connectivity index (χ1) is 10.1. The SMILES string of the molecule is CCn1nncc1C(=O)N[C@H]1c2ccc(F)cc2O[C@@H]1C. The quantitative estimate of drug-likeness (QED) is 0.934. The average Bonchev–Trinajstić information content (AvgIpc) is 3.03. The molecule has 0 radical (unpaired) electrons. The maximum Gasteiger partial charge on any atom is 0.271 e. The summed E-state index contributed by atoms with van der Waals surface area (Å²) in [7, 11) is 0. The van der Waals surface area contributed by atoms with Gasteiger partial charge in [0.1, 0.15) is 23.4 Å². The van der Waals surface area contributed by atoms with Crippen molar-refractivity contribution in [3.8, 4) is 5.75 Å². The molecule has 1 aliphatic rings. The molecule has 1 amide bonds. The van der Waals surface area contributed by atoms with Gasteiger partial charge >= 0.3 is 0 Å². The number of rotatable bonds is 3. The van der Waals surface area contributed by atoms with Gasteiger partial charge in [0.25, 0.3) is 5.91 Å². The van der Waals surface area contributed by atoms with Crippen LogP contribution in [0.15, 0.2) is 24.4 Å². The zero-order valence-corrected chi connectivity index (χ0v) is 11.7. The summed E-state index contributed by atoms with van der Waals surface area (Å²) in [5.41, 5.74) is 1.16. The first kappa shape index (κ1) is 13.5. The summed E-state index contributed by atoms with van der Waals surface area (Å²) >= 11 is 0. The predicted molar refractivity (Wildman–Crippen MR) is 72.4 cm³/mol. The highest BCUT2D eigenvalue weighted by atomic mass is 19.1. The summed E-state index contributed by atoms with van der Waals surface area (Å²) in [6.45, 7) is 4.27. The van der Waals surface area contributed by atoms with E-state index in [1.807, 2.05) is 13.8 Å². The predicted octanol–water partition coefficient (Wildman–Crippen LogP) is 1.69. The first-order valence-electron chi connectivity index (χ1n) is 6.75. The van der Waals surface area contributed by atoms with Gasteiger partial charge in [-0.05, 0) is 19.9 Å². The minimum absolute atomic E-state index is 0.267. The van der Waals surface area contributed by atoms with Crippen molar-refractivity contribution in [2.75, 3.05) is 0 Å². The number of hydrogen-bond acceptors (Lipinski definition) is 4. The molecule has 1 N–H and O–H groups in total. The van der Waals surface area contributed by atoms with Crippen molar-refractivity contribution in [3.05, 3.63) is 41.5 Å². The van der Waals surface area contributed by atoms with Crippen molar-refractivity contribution in [1.29, 1.82) is 0 Å². The number of aromatic nitrogens is 3. The Morgan fingerprint density at radius 1 is 1.52 bits per heavy atom. The molecule has 0 saturated carbocycles. The van der Waals surface area contributed by atoms with E-state index in [1.165, 1.54) is 23.0 Å². The van der Waals surface area contributed by atoms with E-state index >= 15 is 0 Å². The van der Waals surface area contributed by atoms with Gasteiger partial charge in [0.15, 0.2) is 0 Å². The third-order valence-electron chi connectivity index (χ3n) is 3.53. The minimum Gasteiger partial charge on any atom is -0.488 e. The molecule has 0 bridgehead atoms. The van der Waals surface area contributed by atoms with Gasteiger partial charge in [-0.1, -0.05) is 11.3 Å². The van der Waals surface area contributed by atoms with Crippen molar-refractivity contribution in [3.63, 3.8) is 0 Å². The lowest BCUT2D eigenvalue weighted by Crippen LogP contribution is -2.35. The summed E-state index contributed by atoms with van der Waals surface area (Å²) in [6.07, 6.45) is 1.15. The molecule has 0 spiro atoms. The van der Waals surface area contributed by atoms with Crippen molar-refractivity contribution >= 4 is 5.91 Å². The van der Waals surface area contributed by atoms with E-state index in [2.05, 4.69) is 15.6 Å². The minimum atomic E-state index is -0.360. The van der Waals surface area contributed by atoms with Crippen molar-refractivity contribution < 1.29 is 13.9 Å². The molecule has 7 heteroatoms. The van der Waals surface area contributed by atoms with Gasteiger partial charge in [0.05, 0.1) is 12.2 Å². The number of carbonyl (C=O) groups is 1.